The second kappa shape index (κ2) is 3.26. The molecule has 1 heterocycles. The van der Waals surface area contributed by atoms with E-state index in [1.165, 1.54) is 5.56 Å². The number of aryl methyl sites for hydroxylation is 1. The van der Waals surface area contributed by atoms with E-state index in [0.717, 1.165) is 11.3 Å². The molecule has 0 radical (unpaired) electrons. The lowest BCUT2D eigenvalue weighted by Gasteiger charge is -2.36. The van der Waals surface area contributed by atoms with Crippen molar-refractivity contribution in [1.82, 2.24) is 0 Å². The number of hydrogen-bond donors (Lipinski definition) is 2. The molecule has 0 saturated carbocycles. The summed E-state index contributed by atoms with van der Waals surface area (Å²) in [5, 5.41) is 9.92. The molecule has 3 N–H and O–H groups in total. The highest BCUT2D eigenvalue weighted by Crippen LogP contribution is 2.34. The van der Waals surface area contributed by atoms with Crippen molar-refractivity contribution in [2.45, 2.75) is 19.1 Å². The second-order valence-corrected chi connectivity index (χ2v) is 4.00. The van der Waals surface area contributed by atoms with E-state index in [9.17, 15) is 5.11 Å². The minimum atomic E-state index is -0.527. The first-order chi connectivity index (χ1) is 6.61. The van der Waals surface area contributed by atoms with E-state index in [0.29, 0.717) is 6.54 Å². The number of para-hydroxylation sites is 1. The minimum absolute atomic E-state index is 0.186. The molecule has 76 valence electrons. The highest BCUT2D eigenvalue weighted by molar-refractivity contribution is 5.61. The van der Waals surface area contributed by atoms with Crippen LogP contribution in [-0.2, 0) is 0 Å². The molecule has 0 spiro atoms. The van der Waals surface area contributed by atoms with E-state index in [-0.39, 0.29) is 6.04 Å². The van der Waals surface area contributed by atoms with Crippen LogP contribution in [0.25, 0.3) is 0 Å². The summed E-state index contributed by atoms with van der Waals surface area (Å²) < 4.78 is 0. The zero-order chi connectivity index (χ0) is 10.3. The monoisotopic (exact) mass is 192 g/mol. The van der Waals surface area contributed by atoms with Crippen LogP contribution < -0.4 is 10.6 Å². The number of likely N-dealkylation sites (N-methyl/N-ethyl adjacent to an activating group) is 1. The standard InChI is InChI=1S/C11H16N2O/c1-7-4-3-5-8-10(7)13(2)6-9(12)11(8)14/h3-5,9,11,14H,6,12H2,1-2H3/t9-,11+/m1/s1. The fraction of sp³-hybridized carbons (Fsp3) is 0.455. The summed E-state index contributed by atoms with van der Waals surface area (Å²) in [6, 6.07) is 5.78. The molecular weight excluding hydrogens is 176 g/mol. The van der Waals surface area contributed by atoms with Crippen LogP contribution in [0.4, 0.5) is 5.69 Å². The smallest absolute Gasteiger partial charge is 0.0978 e. The molecule has 0 bridgehead atoms. The third-order valence-corrected chi connectivity index (χ3v) is 2.86. The number of benzene rings is 1. The van der Waals surface area contributed by atoms with E-state index in [2.05, 4.69) is 17.9 Å². The van der Waals surface area contributed by atoms with E-state index >= 15 is 0 Å². The van der Waals surface area contributed by atoms with Crippen molar-refractivity contribution >= 4 is 5.69 Å². The van der Waals surface area contributed by atoms with Crippen molar-refractivity contribution in [1.29, 1.82) is 0 Å². The Morgan fingerprint density at radius 2 is 2.21 bits per heavy atom. The molecule has 3 nitrogen and oxygen atoms in total. The highest BCUT2D eigenvalue weighted by atomic mass is 16.3. The second-order valence-electron chi connectivity index (χ2n) is 4.00. The highest BCUT2D eigenvalue weighted by Gasteiger charge is 2.28. The van der Waals surface area contributed by atoms with Gasteiger partial charge in [0.1, 0.15) is 0 Å². The predicted octanol–water partition coefficient (Wildman–Crippen LogP) is 0.806. The number of nitrogens with zero attached hydrogens (tertiary/aromatic N) is 1. The first-order valence-corrected chi connectivity index (χ1v) is 4.85. The zero-order valence-electron chi connectivity index (χ0n) is 8.57. The quantitative estimate of drug-likeness (QED) is 0.639. The van der Waals surface area contributed by atoms with Crippen molar-refractivity contribution in [2.75, 3.05) is 18.5 Å². The van der Waals surface area contributed by atoms with Crippen LogP contribution in [0.2, 0.25) is 0 Å². The van der Waals surface area contributed by atoms with Gasteiger partial charge in [-0.25, -0.2) is 0 Å². The average molecular weight is 192 g/mol. The van der Waals surface area contributed by atoms with Gasteiger partial charge in [-0.3, -0.25) is 0 Å². The predicted molar refractivity (Wildman–Crippen MR) is 57.4 cm³/mol. The molecule has 1 aliphatic heterocycles. The number of fused-ring (bicyclic) bond motifs is 1. The number of rotatable bonds is 0. The summed E-state index contributed by atoms with van der Waals surface area (Å²) in [7, 11) is 2.01. The van der Waals surface area contributed by atoms with Crippen molar-refractivity contribution in [3.05, 3.63) is 29.3 Å². The summed E-state index contributed by atoms with van der Waals surface area (Å²) in [5.74, 6) is 0. The summed E-state index contributed by atoms with van der Waals surface area (Å²) in [5.41, 5.74) is 9.11. The maximum absolute atomic E-state index is 9.92. The molecule has 0 aliphatic carbocycles. The SMILES string of the molecule is Cc1cccc2c1N(C)C[C@@H](N)[C@H]2O. The molecule has 1 aliphatic rings. The number of anilines is 1. The Kier molecular flexibility index (Phi) is 2.21. The lowest BCUT2D eigenvalue weighted by atomic mass is 9.93. The Labute approximate surface area is 84.1 Å². The fourth-order valence-electron chi connectivity index (χ4n) is 2.18. The topological polar surface area (TPSA) is 49.5 Å². The van der Waals surface area contributed by atoms with Crippen LogP contribution in [0, 0.1) is 6.92 Å². The molecular formula is C11H16N2O. The number of aliphatic hydroxyl groups is 1. The van der Waals surface area contributed by atoms with Gasteiger partial charge in [-0.15, -0.1) is 0 Å². The Balaban J connectivity index is 2.55. The van der Waals surface area contributed by atoms with Gasteiger partial charge in [0.25, 0.3) is 0 Å². The van der Waals surface area contributed by atoms with E-state index in [1.54, 1.807) is 0 Å². The Hall–Kier alpha value is -1.06. The van der Waals surface area contributed by atoms with Gasteiger partial charge in [-0.2, -0.15) is 0 Å². The first kappa shape index (κ1) is 9.49. The van der Waals surface area contributed by atoms with Gasteiger partial charge in [-0.1, -0.05) is 18.2 Å². The molecule has 1 aromatic carbocycles. The van der Waals surface area contributed by atoms with Crippen LogP contribution in [0.5, 0.6) is 0 Å². The molecule has 0 amide bonds. The van der Waals surface area contributed by atoms with Gasteiger partial charge in [-0.05, 0) is 12.5 Å². The van der Waals surface area contributed by atoms with Gasteiger partial charge in [0.05, 0.1) is 12.1 Å². The maximum Gasteiger partial charge on any atom is 0.0978 e. The Morgan fingerprint density at radius 1 is 1.50 bits per heavy atom. The van der Waals surface area contributed by atoms with Crippen LogP contribution in [0.15, 0.2) is 18.2 Å². The van der Waals surface area contributed by atoms with Gasteiger partial charge in [0.2, 0.25) is 0 Å². The normalized spacial score (nSPS) is 26.1. The van der Waals surface area contributed by atoms with Gasteiger partial charge >= 0.3 is 0 Å². The summed E-state index contributed by atoms with van der Waals surface area (Å²) >= 11 is 0. The summed E-state index contributed by atoms with van der Waals surface area (Å²) in [6.45, 7) is 2.76. The van der Waals surface area contributed by atoms with Crippen LogP contribution in [0.3, 0.4) is 0 Å². The fourth-order valence-corrected chi connectivity index (χ4v) is 2.18. The molecule has 14 heavy (non-hydrogen) atoms. The largest absolute Gasteiger partial charge is 0.387 e. The van der Waals surface area contributed by atoms with E-state index in [1.807, 2.05) is 19.2 Å². The lowest BCUT2D eigenvalue weighted by molar-refractivity contribution is 0.143. The summed E-state index contributed by atoms with van der Waals surface area (Å²) in [6.07, 6.45) is -0.527. The maximum atomic E-state index is 9.92. The van der Waals surface area contributed by atoms with Crippen molar-refractivity contribution in [3.8, 4) is 0 Å². The molecule has 0 aromatic heterocycles. The molecule has 2 rings (SSSR count). The van der Waals surface area contributed by atoms with Crippen molar-refractivity contribution in [3.63, 3.8) is 0 Å². The van der Waals surface area contributed by atoms with Crippen LogP contribution >= 0.6 is 0 Å². The molecule has 2 atom stereocenters. The van der Waals surface area contributed by atoms with Crippen molar-refractivity contribution < 1.29 is 5.11 Å². The Bertz CT molecular complexity index is 351. The number of nitrogens with two attached hydrogens (primary N) is 1. The molecule has 0 unspecified atom stereocenters. The average Bonchev–Trinajstić information content (AvgIpc) is 2.14. The molecule has 0 fully saturated rings. The van der Waals surface area contributed by atoms with E-state index in [4.69, 9.17) is 5.73 Å². The van der Waals surface area contributed by atoms with Crippen LogP contribution in [0.1, 0.15) is 17.2 Å². The molecule has 1 aromatic rings. The molecule has 3 heteroatoms. The first-order valence-electron chi connectivity index (χ1n) is 4.85. The number of aliphatic hydroxyl groups excluding tert-OH is 1. The van der Waals surface area contributed by atoms with Crippen molar-refractivity contribution in [2.24, 2.45) is 5.73 Å². The third kappa shape index (κ3) is 1.29. The van der Waals surface area contributed by atoms with Gasteiger partial charge < -0.3 is 15.7 Å². The van der Waals surface area contributed by atoms with E-state index < -0.39 is 6.10 Å². The van der Waals surface area contributed by atoms with Gasteiger partial charge in [0.15, 0.2) is 0 Å². The lowest BCUT2D eigenvalue weighted by Crippen LogP contribution is -2.44. The third-order valence-electron chi connectivity index (χ3n) is 2.86. The zero-order valence-corrected chi connectivity index (χ0v) is 8.57. The minimum Gasteiger partial charge on any atom is -0.387 e. The molecule has 0 saturated heterocycles. The summed E-state index contributed by atoms with van der Waals surface area (Å²) in [4.78, 5) is 2.11. The number of hydrogen-bond acceptors (Lipinski definition) is 3. The Morgan fingerprint density at radius 3 is 2.93 bits per heavy atom. The van der Waals surface area contributed by atoms with Gasteiger partial charge in [0, 0.05) is 24.8 Å². The van der Waals surface area contributed by atoms with Crippen LogP contribution in [-0.4, -0.2) is 24.7 Å².